The van der Waals surface area contributed by atoms with Gasteiger partial charge in [0.2, 0.25) is 0 Å². The molecule has 5 rings (SSSR count). The lowest BCUT2D eigenvalue weighted by Gasteiger charge is -2.16. The number of nitrogens with zero attached hydrogens (tertiary/aromatic N) is 3. The number of methoxy groups -OCH3 is 1. The van der Waals surface area contributed by atoms with Gasteiger partial charge in [-0.25, -0.2) is 9.88 Å². The van der Waals surface area contributed by atoms with Gasteiger partial charge in [-0.15, -0.1) is 13.2 Å². The van der Waals surface area contributed by atoms with E-state index in [0.717, 1.165) is 17.0 Å². The Morgan fingerprint density at radius 2 is 1.76 bits per heavy atom. The van der Waals surface area contributed by atoms with E-state index in [1.54, 1.807) is 24.3 Å². The Morgan fingerprint density at radius 1 is 1.00 bits per heavy atom. The van der Waals surface area contributed by atoms with Crippen molar-refractivity contribution in [3.8, 4) is 22.8 Å². The number of amides is 2. The maximum absolute atomic E-state index is 13.4. The third-order valence-electron chi connectivity index (χ3n) is 5.12. The second-order valence-corrected chi connectivity index (χ2v) is 7.06. The average molecular weight is 454 g/mol. The molecule has 1 aliphatic heterocycles. The second kappa shape index (κ2) is 7.33. The van der Waals surface area contributed by atoms with Gasteiger partial charge in [0.1, 0.15) is 11.5 Å². The van der Waals surface area contributed by atoms with Crippen LogP contribution in [0.4, 0.5) is 18.9 Å². The van der Waals surface area contributed by atoms with Gasteiger partial charge in [0.15, 0.2) is 5.65 Å². The Balaban J connectivity index is 1.61. The van der Waals surface area contributed by atoms with Crippen LogP contribution in [0, 0.1) is 0 Å². The molecule has 0 spiro atoms. The van der Waals surface area contributed by atoms with Gasteiger partial charge in [0.05, 0.1) is 35.0 Å². The molecule has 0 radical (unpaired) electrons. The fourth-order valence-electron chi connectivity index (χ4n) is 3.72. The van der Waals surface area contributed by atoms with Crippen LogP contribution in [0.25, 0.3) is 22.3 Å². The molecule has 166 valence electrons. The molecule has 3 heterocycles. The SMILES string of the molecule is COc1ccc(-c2[nH]nc3ncc4c(c23)C(=O)N(c2cccc(OC(F)(F)F)c2)C4=O)cc1. The minimum atomic E-state index is -4.92. The highest BCUT2D eigenvalue weighted by Crippen LogP contribution is 2.37. The van der Waals surface area contributed by atoms with Crippen LogP contribution < -0.4 is 14.4 Å². The largest absolute Gasteiger partial charge is 0.573 e. The molecule has 8 nitrogen and oxygen atoms in total. The summed E-state index contributed by atoms with van der Waals surface area (Å²) < 4.78 is 46.9. The van der Waals surface area contributed by atoms with Gasteiger partial charge in [-0.05, 0) is 36.4 Å². The van der Waals surface area contributed by atoms with Crippen molar-refractivity contribution in [3.05, 3.63) is 65.9 Å². The van der Waals surface area contributed by atoms with Crippen molar-refractivity contribution in [3.63, 3.8) is 0 Å². The summed E-state index contributed by atoms with van der Waals surface area (Å²) in [6.45, 7) is 0. The molecule has 11 heteroatoms. The number of hydrogen-bond acceptors (Lipinski definition) is 6. The van der Waals surface area contributed by atoms with E-state index in [9.17, 15) is 22.8 Å². The molecule has 2 aromatic carbocycles. The Hall–Kier alpha value is -4.41. The molecular weight excluding hydrogens is 441 g/mol. The van der Waals surface area contributed by atoms with E-state index in [1.165, 1.54) is 25.4 Å². The second-order valence-electron chi connectivity index (χ2n) is 7.06. The van der Waals surface area contributed by atoms with E-state index in [4.69, 9.17) is 4.74 Å². The van der Waals surface area contributed by atoms with Crippen molar-refractivity contribution in [1.82, 2.24) is 15.2 Å². The van der Waals surface area contributed by atoms with Crippen molar-refractivity contribution < 1.29 is 32.2 Å². The molecule has 0 aliphatic carbocycles. The predicted octanol–water partition coefficient (Wildman–Crippen LogP) is 4.33. The first kappa shape index (κ1) is 20.5. The van der Waals surface area contributed by atoms with E-state index in [1.807, 2.05) is 0 Å². The number of anilines is 1. The topological polar surface area (TPSA) is 97.4 Å². The third-order valence-corrected chi connectivity index (χ3v) is 5.12. The first-order valence-corrected chi connectivity index (χ1v) is 9.53. The number of aromatic amines is 1. The van der Waals surface area contributed by atoms with Gasteiger partial charge in [-0.1, -0.05) is 6.07 Å². The van der Waals surface area contributed by atoms with Crippen LogP contribution in [0.1, 0.15) is 20.7 Å². The van der Waals surface area contributed by atoms with Gasteiger partial charge < -0.3 is 9.47 Å². The molecule has 1 aliphatic rings. The van der Waals surface area contributed by atoms with E-state index in [2.05, 4.69) is 19.9 Å². The van der Waals surface area contributed by atoms with Gasteiger partial charge in [0, 0.05) is 17.8 Å². The Labute approximate surface area is 183 Å². The molecule has 0 unspecified atom stereocenters. The molecule has 0 saturated heterocycles. The summed E-state index contributed by atoms with van der Waals surface area (Å²) in [5.41, 5.74) is 1.38. The molecule has 2 amide bonds. The fraction of sp³-hybridized carbons (Fsp3) is 0.0909. The van der Waals surface area contributed by atoms with Crippen molar-refractivity contribution >= 4 is 28.5 Å². The highest BCUT2D eigenvalue weighted by Gasteiger charge is 2.40. The van der Waals surface area contributed by atoms with Crippen molar-refractivity contribution in [2.24, 2.45) is 0 Å². The normalized spacial score (nSPS) is 13.5. The number of alkyl halides is 3. The zero-order valence-corrected chi connectivity index (χ0v) is 16.8. The van der Waals surface area contributed by atoms with E-state index in [-0.39, 0.29) is 22.5 Å². The van der Waals surface area contributed by atoms with Crippen molar-refractivity contribution in [2.45, 2.75) is 6.36 Å². The van der Waals surface area contributed by atoms with Crippen LogP contribution in [-0.4, -0.2) is 40.5 Å². The zero-order valence-electron chi connectivity index (χ0n) is 16.8. The van der Waals surface area contributed by atoms with Crippen LogP contribution >= 0.6 is 0 Å². The Bertz CT molecular complexity index is 1410. The maximum atomic E-state index is 13.4. The zero-order chi connectivity index (χ0) is 23.3. The number of ether oxygens (including phenoxy) is 2. The number of imide groups is 1. The number of rotatable bonds is 4. The number of aromatic nitrogens is 3. The lowest BCUT2D eigenvalue weighted by Crippen LogP contribution is -2.29. The number of carbonyl (C=O) groups is 2. The van der Waals surface area contributed by atoms with E-state index in [0.29, 0.717) is 22.4 Å². The minimum absolute atomic E-state index is 0.0193. The monoisotopic (exact) mass is 454 g/mol. The van der Waals surface area contributed by atoms with Gasteiger partial charge in [-0.2, -0.15) is 5.10 Å². The van der Waals surface area contributed by atoms with Crippen molar-refractivity contribution in [1.29, 1.82) is 0 Å². The molecule has 0 bridgehead atoms. The Morgan fingerprint density at radius 3 is 2.45 bits per heavy atom. The maximum Gasteiger partial charge on any atom is 0.573 e. The summed E-state index contributed by atoms with van der Waals surface area (Å²) in [5.74, 6) is -1.34. The lowest BCUT2D eigenvalue weighted by molar-refractivity contribution is -0.274. The fourth-order valence-corrected chi connectivity index (χ4v) is 3.72. The van der Waals surface area contributed by atoms with Crippen LogP contribution in [0.3, 0.4) is 0 Å². The number of pyridine rings is 1. The number of carbonyl (C=O) groups excluding carboxylic acids is 2. The summed E-state index contributed by atoms with van der Waals surface area (Å²) in [6.07, 6.45) is -3.69. The van der Waals surface area contributed by atoms with Crippen LogP contribution in [0.2, 0.25) is 0 Å². The van der Waals surface area contributed by atoms with E-state index < -0.39 is 23.9 Å². The van der Waals surface area contributed by atoms with Crippen LogP contribution in [0.15, 0.2) is 54.7 Å². The minimum Gasteiger partial charge on any atom is -0.497 e. The molecule has 2 aromatic heterocycles. The molecule has 0 saturated carbocycles. The highest BCUT2D eigenvalue weighted by molar-refractivity contribution is 6.38. The first-order chi connectivity index (χ1) is 15.8. The number of hydrogen-bond donors (Lipinski definition) is 1. The smallest absolute Gasteiger partial charge is 0.497 e. The molecule has 33 heavy (non-hydrogen) atoms. The molecule has 4 aromatic rings. The van der Waals surface area contributed by atoms with Gasteiger partial charge in [0.25, 0.3) is 11.8 Å². The summed E-state index contributed by atoms with van der Waals surface area (Å²) in [4.78, 5) is 31.4. The lowest BCUT2D eigenvalue weighted by atomic mass is 10.0. The summed E-state index contributed by atoms with van der Waals surface area (Å²) in [5, 5.41) is 7.31. The predicted molar refractivity (Wildman–Crippen MR) is 110 cm³/mol. The van der Waals surface area contributed by atoms with Crippen molar-refractivity contribution in [2.75, 3.05) is 12.0 Å². The molecular formula is C22H13F3N4O4. The molecule has 0 fully saturated rings. The summed E-state index contributed by atoms with van der Waals surface area (Å²) in [7, 11) is 1.53. The average Bonchev–Trinajstić information content (AvgIpc) is 3.31. The quantitative estimate of drug-likeness (QED) is 0.461. The Kier molecular flexibility index (Phi) is 4.55. The number of nitrogens with one attached hydrogen (secondary N) is 1. The van der Waals surface area contributed by atoms with Crippen LogP contribution in [-0.2, 0) is 0 Å². The van der Waals surface area contributed by atoms with Crippen LogP contribution in [0.5, 0.6) is 11.5 Å². The van der Waals surface area contributed by atoms with E-state index >= 15 is 0 Å². The van der Waals surface area contributed by atoms with Gasteiger partial charge >= 0.3 is 6.36 Å². The number of halogens is 3. The third kappa shape index (κ3) is 3.43. The number of benzene rings is 2. The molecule has 0 atom stereocenters. The number of H-pyrrole nitrogens is 1. The summed E-state index contributed by atoms with van der Waals surface area (Å²) in [6, 6.07) is 11.6. The summed E-state index contributed by atoms with van der Waals surface area (Å²) >= 11 is 0. The highest BCUT2D eigenvalue weighted by atomic mass is 19.4. The van der Waals surface area contributed by atoms with Gasteiger partial charge in [-0.3, -0.25) is 14.7 Å². The molecule has 1 N–H and O–H groups in total. The standard InChI is InChI=1S/C22H13F3N4O4/c1-32-13-7-5-11(6-8-13)18-17-16-15(10-26-19(17)28-27-18)20(30)29(21(16)31)12-3-2-4-14(9-12)33-22(23,24)25/h2-10H,1H3,(H,26,27,28). The number of fused-ring (bicyclic) bond motifs is 3. The first-order valence-electron chi connectivity index (χ1n) is 9.53.